The maximum absolute atomic E-state index is 5.97. The SMILES string of the molecule is Cc1nc(CN2Cc3nccn3C[C@@H](COCC3CC3)C2)cs1. The molecule has 124 valence electrons. The average Bonchev–Trinajstić information content (AvgIpc) is 3.16. The van der Waals surface area contributed by atoms with Gasteiger partial charge in [0.1, 0.15) is 5.82 Å². The quantitative estimate of drug-likeness (QED) is 0.816. The van der Waals surface area contributed by atoms with Gasteiger partial charge in [0.05, 0.1) is 23.9 Å². The number of aryl methyl sites for hydroxylation is 1. The van der Waals surface area contributed by atoms with Gasteiger partial charge in [-0.15, -0.1) is 11.3 Å². The first-order valence-corrected chi connectivity index (χ1v) is 9.35. The summed E-state index contributed by atoms with van der Waals surface area (Å²) >= 11 is 1.73. The van der Waals surface area contributed by atoms with Gasteiger partial charge in [0.15, 0.2) is 0 Å². The van der Waals surface area contributed by atoms with E-state index >= 15 is 0 Å². The number of fused-ring (bicyclic) bond motifs is 1. The van der Waals surface area contributed by atoms with Gasteiger partial charge >= 0.3 is 0 Å². The fourth-order valence-electron chi connectivity index (χ4n) is 3.25. The first-order chi connectivity index (χ1) is 11.3. The molecule has 2 aromatic heterocycles. The lowest BCUT2D eigenvalue weighted by molar-refractivity contribution is 0.0703. The number of imidazole rings is 1. The van der Waals surface area contributed by atoms with Gasteiger partial charge in [-0.25, -0.2) is 9.97 Å². The van der Waals surface area contributed by atoms with E-state index < -0.39 is 0 Å². The third kappa shape index (κ3) is 4.00. The van der Waals surface area contributed by atoms with E-state index in [0.717, 1.165) is 56.1 Å². The van der Waals surface area contributed by atoms with Crippen LogP contribution in [0.15, 0.2) is 17.8 Å². The van der Waals surface area contributed by atoms with Crippen LogP contribution in [0.2, 0.25) is 0 Å². The van der Waals surface area contributed by atoms with E-state index in [1.165, 1.54) is 18.5 Å². The Morgan fingerprint density at radius 3 is 2.91 bits per heavy atom. The minimum atomic E-state index is 0.518. The number of ether oxygens (including phenoxy) is 1. The topological polar surface area (TPSA) is 43.2 Å². The van der Waals surface area contributed by atoms with Gasteiger partial charge in [-0.05, 0) is 25.7 Å². The molecule has 0 bridgehead atoms. The predicted molar refractivity (Wildman–Crippen MR) is 90.2 cm³/mol. The van der Waals surface area contributed by atoms with Crippen molar-refractivity contribution in [3.05, 3.63) is 34.3 Å². The number of thiazole rings is 1. The molecule has 1 fully saturated rings. The highest BCUT2D eigenvalue weighted by Gasteiger charge is 2.25. The van der Waals surface area contributed by atoms with Gasteiger partial charge in [-0.3, -0.25) is 4.90 Å². The summed E-state index contributed by atoms with van der Waals surface area (Å²) in [5.74, 6) is 2.50. The number of rotatable bonds is 6. The lowest BCUT2D eigenvalue weighted by Crippen LogP contribution is -2.30. The van der Waals surface area contributed by atoms with Gasteiger partial charge in [-0.2, -0.15) is 0 Å². The molecule has 3 heterocycles. The van der Waals surface area contributed by atoms with Crippen LogP contribution in [-0.4, -0.2) is 39.2 Å². The Labute approximate surface area is 141 Å². The maximum atomic E-state index is 5.97. The molecule has 0 spiro atoms. The van der Waals surface area contributed by atoms with E-state index in [2.05, 4.69) is 37.9 Å². The van der Waals surface area contributed by atoms with Crippen molar-refractivity contribution < 1.29 is 4.74 Å². The van der Waals surface area contributed by atoms with Gasteiger partial charge in [0.2, 0.25) is 0 Å². The smallest absolute Gasteiger partial charge is 0.122 e. The first kappa shape index (κ1) is 15.3. The van der Waals surface area contributed by atoms with Crippen LogP contribution in [0, 0.1) is 18.8 Å². The summed E-state index contributed by atoms with van der Waals surface area (Å²) < 4.78 is 8.26. The fourth-order valence-corrected chi connectivity index (χ4v) is 3.85. The van der Waals surface area contributed by atoms with Gasteiger partial charge in [-0.1, -0.05) is 0 Å². The summed E-state index contributed by atoms with van der Waals surface area (Å²) in [5.41, 5.74) is 1.17. The Bertz CT molecular complexity index is 649. The van der Waals surface area contributed by atoms with E-state index in [4.69, 9.17) is 4.74 Å². The normalized spacial score (nSPS) is 22.0. The molecule has 4 rings (SSSR count). The summed E-state index contributed by atoms with van der Waals surface area (Å²) in [7, 11) is 0. The van der Waals surface area contributed by atoms with Gasteiger partial charge in [0.25, 0.3) is 0 Å². The Morgan fingerprint density at radius 1 is 1.26 bits per heavy atom. The lowest BCUT2D eigenvalue weighted by atomic mass is 10.1. The van der Waals surface area contributed by atoms with Gasteiger partial charge in [0, 0.05) is 49.9 Å². The third-order valence-electron chi connectivity index (χ3n) is 4.59. The Kier molecular flexibility index (Phi) is 4.46. The highest BCUT2D eigenvalue weighted by molar-refractivity contribution is 7.09. The Balaban J connectivity index is 1.42. The van der Waals surface area contributed by atoms with Crippen molar-refractivity contribution in [3.63, 3.8) is 0 Å². The van der Waals surface area contributed by atoms with E-state index in [1.54, 1.807) is 11.3 Å². The standard InChI is InChI=1S/C17H24N4OS/c1-13-19-16(12-23-13)8-20-6-15(11-22-10-14-2-3-14)7-21-5-4-18-17(21)9-20/h4-5,12,14-15H,2-3,6-11H2,1H3/t15-/m0/s1. The molecular weight excluding hydrogens is 308 g/mol. The maximum Gasteiger partial charge on any atom is 0.122 e. The molecule has 0 saturated heterocycles. The van der Waals surface area contributed by atoms with Crippen molar-refractivity contribution in [2.45, 2.75) is 39.4 Å². The second kappa shape index (κ2) is 6.71. The molecular formula is C17H24N4OS. The van der Waals surface area contributed by atoms with Crippen molar-refractivity contribution in [2.75, 3.05) is 19.8 Å². The minimum Gasteiger partial charge on any atom is -0.381 e. The molecule has 0 unspecified atom stereocenters. The molecule has 6 heteroatoms. The van der Waals surface area contributed by atoms with Gasteiger partial charge < -0.3 is 9.30 Å². The second-order valence-electron chi connectivity index (χ2n) is 6.87. The monoisotopic (exact) mass is 332 g/mol. The van der Waals surface area contributed by atoms with Crippen LogP contribution in [0.1, 0.15) is 29.4 Å². The zero-order chi connectivity index (χ0) is 15.6. The summed E-state index contributed by atoms with van der Waals surface area (Å²) in [6.07, 6.45) is 6.71. The van der Waals surface area contributed by atoms with Crippen LogP contribution >= 0.6 is 11.3 Å². The second-order valence-corrected chi connectivity index (χ2v) is 7.93. The van der Waals surface area contributed by atoms with E-state index in [-0.39, 0.29) is 0 Å². The van der Waals surface area contributed by atoms with Crippen molar-refractivity contribution in [1.29, 1.82) is 0 Å². The molecule has 23 heavy (non-hydrogen) atoms. The average molecular weight is 332 g/mol. The van der Waals surface area contributed by atoms with Crippen molar-refractivity contribution >= 4 is 11.3 Å². The largest absolute Gasteiger partial charge is 0.381 e. The molecule has 0 aromatic carbocycles. The minimum absolute atomic E-state index is 0.518. The van der Waals surface area contributed by atoms with Crippen molar-refractivity contribution in [2.24, 2.45) is 11.8 Å². The number of nitrogens with zero attached hydrogens (tertiary/aromatic N) is 4. The Hall–Kier alpha value is -1.24. The number of aromatic nitrogens is 3. The van der Waals surface area contributed by atoms with Crippen LogP contribution in [0.4, 0.5) is 0 Å². The van der Waals surface area contributed by atoms with Crippen LogP contribution < -0.4 is 0 Å². The molecule has 0 N–H and O–H groups in total. The molecule has 1 atom stereocenters. The third-order valence-corrected chi connectivity index (χ3v) is 5.42. The van der Waals surface area contributed by atoms with E-state index in [0.29, 0.717) is 5.92 Å². The molecule has 0 radical (unpaired) electrons. The van der Waals surface area contributed by atoms with Crippen LogP contribution in [0.3, 0.4) is 0 Å². The molecule has 1 aliphatic heterocycles. The number of hydrogen-bond donors (Lipinski definition) is 0. The highest BCUT2D eigenvalue weighted by atomic mass is 32.1. The number of hydrogen-bond acceptors (Lipinski definition) is 5. The molecule has 2 aromatic rings. The fraction of sp³-hybridized carbons (Fsp3) is 0.647. The predicted octanol–water partition coefficient (Wildman–Crippen LogP) is 2.71. The molecule has 0 amide bonds. The first-order valence-electron chi connectivity index (χ1n) is 8.47. The lowest BCUT2D eigenvalue weighted by Gasteiger charge is -2.23. The van der Waals surface area contributed by atoms with E-state index in [1.807, 2.05) is 6.20 Å². The summed E-state index contributed by atoms with van der Waals surface area (Å²) in [5, 5.41) is 3.31. The summed E-state index contributed by atoms with van der Waals surface area (Å²) in [4.78, 5) is 11.6. The zero-order valence-corrected chi connectivity index (χ0v) is 14.5. The summed E-state index contributed by atoms with van der Waals surface area (Å²) in [6.45, 7) is 7.70. The molecule has 2 aliphatic rings. The zero-order valence-electron chi connectivity index (χ0n) is 13.6. The van der Waals surface area contributed by atoms with Crippen molar-refractivity contribution in [3.8, 4) is 0 Å². The van der Waals surface area contributed by atoms with Crippen LogP contribution in [-0.2, 0) is 24.4 Å². The Morgan fingerprint density at radius 2 is 2.13 bits per heavy atom. The molecule has 1 saturated carbocycles. The molecule has 1 aliphatic carbocycles. The highest BCUT2D eigenvalue weighted by Crippen LogP contribution is 2.29. The van der Waals surface area contributed by atoms with E-state index in [9.17, 15) is 0 Å². The van der Waals surface area contributed by atoms with Crippen molar-refractivity contribution in [1.82, 2.24) is 19.4 Å². The van der Waals surface area contributed by atoms with Crippen LogP contribution in [0.25, 0.3) is 0 Å². The van der Waals surface area contributed by atoms with Crippen LogP contribution in [0.5, 0.6) is 0 Å². The molecule has 5 nitrogen and oxygen atoms in total. The summed E-state index contributed by atoms with van der Waals surface area (Å²) in [6, 6.07) is 0.